The van der Waals surface area contributed by atoms with Crippen LogP contribution in [0.15, 0.2) is 80.6 Å². The lowest BCUT2D eigenvalue weighted by atomic mass is 10.2. The third-order valence-electron chi connectivity index (χ3n) is 3.93. The summed E-state index contributed by atoms with van der Waals surface area (Å²) in [6.07, 6.45) is 5.02. The zero-order valence-corrected chi connectivity index (χ0v) is 14.7. The van der Waals surface area contributed by atoms with Gasteiger partial charge in [-0.1, -0.05) is 17.7 Å². The van der Waals surface area contributed by atoms with Gasteiger partial charge < -0.3 is 13.3 Å². The largest absolute Gasteiger partial charge is 0.468 e. The van der Waals surface area contributed by atoms with Gasteiger partial charge >= 0.3 is 0 Å². The molecule has 0 fully saturated rings. The van der Waals surface area contributed by atoms with Crippen LogP contribution in [0.25, 0.3) is 11.5 Å². The Balaban J connectivity index is 1.51. The summed E-state index contributed by atoms with van der Waals surface area (Å²) in [6.45, 7) is 1.89. The van der Waals surface area contributed by atoms with Crippen LogP contribution in [-0.4, -0.2) is 9.88 Å². The fraction of sp³-hybridized carbons (Fsp3) is 0.150. The molecule has 4 aromatic rings. The summed E-state index contributed by atoms with van der Waals surface area (Å²) < 4.78 is 16.6. The van der Waals surface area contributed by atoms with Gasteiger partial charge in [-0.25, -0.2) is 4.98 Å². The first-order valence-electron chi connectivity index (χ1n) is 8.24. The Hall–Kier alpha value is -2.76. The minimum atomic E-state index is 0.554. The van der Waals surface area contributed by atoms with E-state index in [0.717, 1.165) is 22.8 Å². The van der Waals surface area contributed by atoms with E-state index in [2.05, 4.69) is 9.88 Å². The minimum Gasteiger partial charge on any atom is -0.468 e. The second kappa shape index (κ2) is 7.64. The van der Waals surface area contributed by atoms with Crippen LogP contribution < -0.4 is 0 Å². The van der Waals surface area contributed by atoms with Crippen LogP contribution in [0.4, 0.5) is 0 Å². The van der Waals surface area contributed by atoms with Crippen LogP contribution in [0.5, 0.6) is 0 Å². The Morgan fingerprint density at radius 1 is 0.846 bits per heavy atom. The summed E-state index contributed by atoms with van der Waals surface area (Å²) in [5, 5.41) is 0.652. The van der Waals surface area contributed by atoms with Gasteiger partial charge in [-0.3, -0.25) is 4.90 Å². The third-order valence-corrected chi connectivity index (χ3v) is 4.16. The molecule has 0 atom stereocenters. The van der Waals surface area contributed by atoms with E-state index >= 15 is 0 Å². The number of oxazole rings is 1. The lowest BCUT2D eigenvalue weighted by Gasteiger charge is -2.18. The number of benzene rings is 1. The van der Waals surface area contributed by atoms with Crippen LogP contribution in [0.1, 0.15) is 17.2 Å². The summed E-state index contributed by atoms with van der Waals surface area (Å²) in [5.41, 5.74) is 1.69. The highest BCUT2D eigenvalue weighted by Gasteiger charge is 2.15. The van der Waals surface area contributed by atoms with Crippen molar-refractivity contribution in [2.24, 2.45) is 0 Å². The van der Waals surface area contributed by atoms with Crippen molar-refractivity contribution in [3.05, 3.63) is 89.6 Å². The zero-order chi connectivity index (χ0) is 17.8. The van der Waals surface area contributed by atoms with Crippen molar-refractivity contribution in [3.63, 3.8) is 0 Å². The lowest BCUT2D eigenvalue weighted by molar-refractivity contribution is 0.207. The van der Waals surface area contributed by atoms with Gasteiger partial charge in [-0.15, -0.1) is 0 Å². The van der Waals surface area contributed by atoms with Gasteiger partial charge in [0.2, 0.25) is 5.89 Å². The second-order valence-corrected chi connectivity index (χ2v) is 6.39. The van der Waals surface area contributed by atoms with E-state index in [1.165, 1.54) is 0 Å². The van der Waals surface area contributed by atoms with Crippen molar-refractivity contribution >= 4 is 11.6 Å². The lowest BCUT2D eigenvalue weighted by Crippen LogP contribution is -2.22. The van der Waals surface area contributed by atoms with Crippen LogP contribution in [0.2, 0.25) is 5.02 Å². The van der Waals surface area contributed by atoms with Gasteiger partial charge in [0.05, 0.1) is 31.3 Å². The number of hydrogen-bond acceptors (Lipinski definition) is 5. The first kappa shape index (κ1) is 16.7. The van der Waals surface area contributed by atoms with Crippen LogP contribution in [0.3, 0.4) is 0 Å². The standard InChI is InChI=1S/C20H17ClN2O3/c21-16-5-1-4-15(10-16)20-22-17(14-26-20)11-23(12-18-6-2-8-24-18)13-19-7-3-9-25-19/h1-10,14H,11-13H2. The summed E-state index contributed by atoms with van der Waals surface area (Å²) in [6, 6.07) is 15.1. The topological polar surface area (TPSA) is 55.6 Å². The van der Waals surface area contributed by atoms with Crippen molar-refractivity contribution in [2.45, 2.75) is 19.6 Å². The van der Waals surface area contributed by atoms with E-state index in [1.807, 2.05) is 48.5 Å². The van der Waals surface area contributed by atoms with E-state index < -0.39 is 0 Å². The first-order valence-corrected chi connectivity index (χ1v) is 8.61. The molecule has 1 aromatic carbocycles. The average molecular weight is 369 g/mol. The highest BCUT2D eigenvalue weighted by Crippen LogP contribution is 2.23. The molecule has 5 nitrogen and oxygen atoms in total. The van der Waals surface area contributed by atoms with Crippen molar-refractivity contribution < 1.29 is 13.3 Å². The van der Waals surface area contributed by atoms with E-state index in [9.17, 15) is 0 Å². The number of nitrogens with zero attached hydrogens (tertiary/aromatic N) is 2. The maximum atomic E-state index is 6.05. The van der Waals surface area contributed by atoms with Crippen LogP contribution >= 0.6 is 11.6 Å². The monoisotopic (exact) mass is 368 g/mol. The molecule has 4 rings (SSSR count). The third kappa shape index (κ3) is 4.07. The first-order chi connectivity index (χ1) is 12.8. The highest BCUT2D eigenvalue weighted by molar-refractivity contribution is 6.30. The number of halogens is 1. The second-order valence-electron chi connectivity index (χ2n) is 5.96. The van der Waals surface area contributed by atoms with E-state index in [4.69, 9.17) is 24.9 Å². The Kier molecular flexibility index (Phi) is 4.91. The number of hydrogen-bond donors (Lipinski definition) is 0. The molecule has 0 saturated heterocycles. The molecule has 0 aliphatic rings. The van der Waals surface area contributed by atoms with Crippen molar-refractivity contribution in [1.29, 1.82) is 0 Å². The molecular formula is C20H17ClN2O3. The molecule has 0 bridgehead atoms. The minimum absolute atomic E-state index is 0.554. The molecule has 0 aliphatic carbocycles. The smallest absolute Gasteiger partial charge is 0.226 e. The predicted molar refractivity (Wildman–Crippen MR) is 97.3 cm³/mol. The van der Waals surface area contributed by atoms with Gasteiger partial charge in [0, 0.05) is 17.1 Å². The van der Waals surface area contributed by atoms with Gasteiger partial charge in [-0.05, 0) is 42.5 Å². The predicted octanol–water partition coefficient (Wildman–Crippen LogP) is 5.38. The molecule has 0 saturated carbocycles. The molecule has 0 spiro atoms. The van der Waals surface area contributed by atoms with Crippen molar-refractivity contribution in [3.8, 4) is 11.5 Å². The average Bonchev–Trinajstić information content (AvgIpc) is 3.37. The fourth-order valence-corrected chi connectivity index (χ4v) is 2.97. The Morgan fingerprint density at radius 2 is 1.58 bits per heavy atom. The molecular weight excluding hydrogens is 352 g/mol. The summed E-state index contributed by atoms with van der Waals surface area (Å²) in [7, 11) is 0. The van der Waals surface area contributed by atoms with Crippen LogP contribution in [-0.2, 0) is 19.6 Å². The molecule has 3 heterocycles. The molecule has 0 amide bonds. The molecule has 0 aliphatic heterocycles. The maximum Gasteiger partial charge on any atom is 0.226 e. The van der Waals surface area contributed by atoms with Crippen LogP contribution in [0, 0.1) is 0 Å². The Morgan fingerprint density at radius 3 is 2.19 bits per heavy atom. The van der Waals surface area contributed by atoms with Crippen molar-refractivity contribution in [2.75, 3.05) is 0 Å². The SMILES string of the molecule is Clc1cccc(-c2nc(CN(Cc3ccco3)Cc3ccco3)co2)c1. The Bertz CT molecular complexity index is 909. The van der Waals surface area contributed by atoms with E-state index in [0.29, 0.717) is 30.5 Å². The van der Waals surface area contributed by atoms with Gasteiger partial charge in [-0.2, -0.15) is 0 Å². The fourth-order valence-electron chi connectivity index (χ4n) is 2.78. The molecule has 0 N–H and O–H groups in total. The number of furan rings is 2. The van der Waals surface area contributed by atoms with Gasteiger partial charge in [0.15, 0.2) is 0 Å². The summed E-state index contributed by atoms with van der Waals surface area (Å²) in [5.74, 6) is 2.32. The maximum absolute atomic E-state index is 6.05. The molecule has 6 heteroatoms. The normalized spacial score (nSPS) is 11.3. The summed E-state index contributed by atoms with van der Waals surface area (Å²) >= 11 is 6.05. The molecule has 0 unspecified atom stereocenters. The number of aromatic nitrogens is 1. The van der Waals surface area contributed by atoms with E-state index in [-0.39, 0.29) is 0 Å². The van der Waals surface area contributed by atoms with Gasteiger partial charge in [0.25, 0.3) is 0 Å². The van der Waals surface area contributed by atoms with Crippen molar-refractivity contribution in [1.82, 2.24) is 9.88 Å². The Labute approximate surface area is 155 Å². The molecule has 26 heavy (non-hydrogen) atoms. The molecule has 3 aromatic heterocycles. The summed E-state index contributed by atoms with van der Waals surface area (Å²) in [4.78, 5) is 6.77. The van der Waals surface area contributed by atoms with Gasteiger partial charge in [0.1, 0.15) is 17.8 Å². The highest BCUT2D eigenvalue weighted by atomic mass is 35.5. The van der Waals surface area contributed by atoms with E-state index in [1.54, 1.807) is 18.8 Å². The molecule has 0 radical (unpaired) electrons. The zero-order valence-electron chi connectivity index (χ0n) is 14.0. The number of rotatable bonds is 7. The molecule has 132 valence electrons. The quantitative estimate of drug-likeness (QED) is 0.438.